The molecule has 2 aliphatic heterocycles. The number of benzene rings is 1. The van der Waals surface area contributed by atoms with E-state index in [1.165, 1.54) is 5.56 Å². The molecular weight excluding hydrogens is 326 g/mol. The zero-order valence-electron chi connectivity index (χ0n) is 16.0. The molecule has 2 aliphatic rings. The number of hydrogen-bond donors (Lipinski definition) is 1. The highest BCUT2D eigenvalue weighted by Gasteiger charge is 2.27. The van der Waals surface area contributed by atoms with E-state index in [2.05, 4.69) is 41.4 Å². The highest BCUT2D eigenvalue weighted by Crippen LogP contribution is 2.19. The number of likely N-dealkylation sites (tertiary alicyclic amines) is 1. The van der Waals surface area contributed by atoms with E-state index in [9.17, 15) is 4.79 Å². The van der Waals surface area contributed by atoms with Crippen molar-refractivity contribution in [1.82, 2.24) is 15.1 Å². The normalized spacial score (nSPS) is 22.5. The quantitative estimate of drug-likeness (QED) is 0.810. The molecule has 0 aliphatic carbocycles. The fraction of sp³-hybridized carbons (Fsp3) is 0.667. The molecule has 5 nitrogen and oxygen atoms in total. The van der Waals surface area contributed by atoms with Gasteiger partial charge >= 0.3 is 0 Å². The first kappa shape index (κ1) is 19.3. The zero-order chi connectivity index (χ0) is 18.2. The highest BCUT2D eigenvalue weighted by atomic mass is 16.5. The van der Waals surface area contributed by atoms with E-state index < -0.39 is 0 Å². The van der Waals surface area contributed by atoms with E-state index in [4.69, 9.17) is 4.74 Å². The molecule has 0 spiro atoms. The lowest BCUT2D eigenvalue weighted by atomic mass is 9.96. The molecule has 5 heteroatoms. The maximum Gasteiger partial charge on any atom is 0.225 e. The van der Waals surface area contributed by atoms with Gasteiger partial charge in [0.25, 0.3) is 0 Å². The zero-order valence-corrected chi connectivity index (χ0v) is 16.0. The van der Waals surface area contributed by atoms with Crippen molar-refractivity contribution in [2.75, 3.05) is 45.9 Å². The number of ether oxygens (including phenoxy) is 1. The first-order valence-corrected chi connectivity index (χ1v) is 10.1. The van der Waals surface area contributed by atoms with Crippen LogP contribution in [-0.4, -0.2) is 67.7 Å². The van der Waals surface area contributed by atoms with Gasteiger partial charge in [0, 0.05) is 32.7 Å². The van der Waals surface area contributed by atoms with Crippen LogP contribution in [0.25, 0.3) is 0 Å². The summed E-state index contributed by atoms with van der Waals surface area (Å²) in [5.41, 5.74) is 1.32. The Balaban J connectivity index is 1.41. The molecule has 1 aromatic carbocycles. The van der Waals surface area contributed by atoms with Gasteiger partial charge in [-0.3, -0.25) is 9.69 Å². The monoisotopic (exact) mass is 359 g/mol. The number of piperidine rings is 1. The Morgan fingerprint density at radius 1 is 1.19 bits per heavy atom. The third kappa shape index (κ3) is 5.79. The topological polar surface area (TPSA) is 44.8 Å². The van der Waals surface area contributed by atoms with Gasteiger partial charge in [-0.05, 0) is 37.4 Å². The number of morpholine rings is 1. The number of amides is 1. The average Bonchev–Trinajstić information content (AvgIpc) is 2.68. The van der Waals surface area contributed by atoms with Crippen LogP contribution < -0.4 is 5.32 Å². The first-order valence-electron chi connectivity index (χ1n) is 10.1. The van der Waals surface area contributed by atoms with Gasteiger partial charge in [-0.25, -0.2) is 0 Å². The lowest BCUT2D eigenvalue weighted by Crippen LogP contribution is -2.46. The third-order valence-electron chi connectivity index (χ3n) is 5.52. The van der Waals surface area contributed by atoms with Crippen molar-refractivity contribution in [1.29, 1.82) is 0 Å². The van der Waals surface area contributed by atoms with Crippen molar-refractivity contribution in [3.63, 3.8) is 0 Å². The van der Waals surface area contributed by atoms with Crippen molar-refractivity contribution < 1.29 is 9.53 Å². The molecule has 2 heterocycles. The molecule has 26 heavy (non-hydrogen) atoms. The molecule has 0 saturated carbocycles. The molecule has 0 aromatic heterocycles. The maximum atomic E-state index is 12.7. The summed E-state index contributed by atoms with van der Waals surface area (Å²) >= 11 is 0. The van der Waals surface area contributed by atoms with Crippen LogP contribution in [0.3, 0.4) is 0 Å². The molecule has 2 saturated heterocycles. The number of nitrogens with zero attached hydrogens (tertiary/aromatic N) is 2. The van der Waals surface area contributed by atoms with Crippen LogP contribution in [0.1, 0.15) is 31.7 Å². The van der Waals surface area contributed by atoms with Gasteiger partial charge in [0.1, 0.15) is 0 Å². The molecule has 1 unspecified atom stereocenters. The molecule has 1 amide bonds. The van der Waals surface area contributed by atoms with Crippen LogP contribution in [0, 0.1) is 5.92 Å². The van der Waals surface area contributed by atoms with Crippen molar-refractivity contribution in [2.45, 2.75) is 38.8 Å². The van der Waals surface area contributed by atoms with E-state index >= 15 is 0 Å². The average molecular weight is 360 g/mol. The molecule has 144 valence electrons. The number of rotatable bonds is 7. The Labute approximate surface area is 157 Å². The van der Waals surface area contributed by atoms with Gasteiger partial charge in [-0.1, -0.05) is 37.3 Å². The molecular formula is C21H33N3O2. The number of nitrogens with one attached hydrogen (secondary N) is 1. The Morgan fingerprint density at radius 2 is 1.96 bits per heavy atom. The molecule has 0 radical (unpaired) electrons. The summed E-state index contributed by atoms with van der Waals surface area (Å²) in [5, 5.41) is 3.42. The summed E-state index contributed by atoms with van der Waals surface area (Å²) in [4.78, 5) is 17.1. The van der Waals surface area contributed by atoms with E-state index in [0.717, 1.165) is 65.3 Å². The summed E-state index contributed by atoms with van der Waals surface area (Å²) < 4.78 is 5.88. The lowest BCUT2D eigenvalue weighted by molar-refractivity contribution is -0.137. The molecule has 3 rings (SSSR count). The molecule has 1 atom stereocenters. The second kappa shape index (κ2) is 10.0. The Morgan fingerprint density at radius 3 is 2.69 bits per heavy atom. The van der Waals surface area contributed by atoms with E-state index in [1.807, 2.05) is 11.0 Å². The van der Waals surface area contributed by atoms with Gasteiger partial charge in [0.15, 0.2) is 0 Å². The summed E-state index contributed by atoms with van der Waals surface area (Å²) in [5.74, 6) is 0.977. The van der Waals surface area contributed by atoms with Crippen molar-refractivity contribution in [3.05, 3.63) is 35.9 Å². The van der Waals surface area contributed by atoms with Crippen molar-refractivity contribution in [2.24, 2.45) is 5.92 Å². The summed E-state index contributed by atoms with van der Waals surface area (Å²) in [7, 11) is 0. The van der Waals surface area contributed by atoms with Gasteiger partial charge in [-0.15, -0.1) is 0 Å². The van der Waals surface area contributed by atoms with Gasteiger partial charge in [0.05, 0.1) is 19.1 Å². The number of carbonyl (C=O) groups is 1. The molecule has 1 aromatic rings. The predicted octanol–water partition coefficient (Wildman–Crippen LogP) is 2.13. The summed E-state index contributed by atoms with van der Waals surface area (Å²) in [6.07, 6.45) is 2.78. The fourth-order valence-electron chi connectivity index (χ4n) is 3.95. The second-order valence-electron chi connectivity index (χ2n) is 7.55. The minimum Gasteiger partial charge on any atom is -0.375 e. The Kier molecular flexibility index (Phi) is 7.47. The summed E-state index contributed by atoms with van der Waals surface area (Å²) in [6, 6.07) is 10.5. The minimum atomic E-state index is 0.0273. The Hall–Kier alpha value is -1.43. The van der Waals surface area contributed by atoms with Crippen LogP contribution in [0.4, 0.5) is 0 Å². The van der Waals surface area contributed by atoms with Gasteiger partial charge in [0.2, 0.25) is 5.91 Å². The number of carbonyl (C=O) groups excluding carboxylic acids is 1. The first-order chi connectivity index (χ1) is 12.7. The highest BCUT2D eigenvalue weighted by molar-refractivity contribution is 5.76. The Bertz CT molecular complexity index is 543. The lowest BCUT2D eigenvalue weighted by Gasteiger charge is -2.36. The summed E-state index contributed by atoms with van der Waals surface area (Å²) in [6.45, 7) is 9.48. The van der Waals surface area contributed by atoms with Crippen LogP contribution >= 0.6 is 0 Å². The largest absolute Gasteiger partial charge is 0.375 e. The molecule has 1 N–H and O–H groups in total. The van der Waals surface area contributed by atoms with Crippen LogP contribution in [0.5, 0.6) is 0 Å². The third-order valence-corrected chi connectivity index (χ3v) is 5.52. The molecule has 0 bridgehead atoms. The standard InChI is InChI=1S/C21H33N3O2/c1-2-22-15-18-8-10-24(11-9-18)21(25)14-20-17-23(12-13-26-20)16-19-6-4-3-5-7-19/h3-7,18,20,22H,2,8-17H2,1H3. The van der Waals surface area contributed by atoms with Crippen LogP contribution in [0.15, 0.2) is 30.3 Å². The smallest absolute Gasteiger partial charge is 0.225 e. The van der Waals surface area contributed by atoms with E-state index in [-0.39, 0.29) is 12.0 Å². The predicted molar refractivity (Wildman–Crippen MR) is 104 cm³/mol. The van der Waals surface area contributed by atoms with Gasteiger partial charge in [-0.2, -0.15) is 0 Å². The van der Waals surface area contributed by atoms with Crippen molar-refractivity contribution in [3.8, 4) is 0 Å². The number of hydrogen-bond acceptors (Lipinski definition) is 4. The van der Waals surface area contributed by atoms with Crippen LogP contribution in [-0.2, 0) is 16.1 Å². The van der Waals surface area contributed by atoms with E-state index in [1.54, 1.807) is 0 Å². The molecule has 2 fully saturated rings. The van der Waals surface area contributed by atoms with Gasteiger partial charge < -0.3 is 15.0 Å². The van der Waals surface area contributed by atoms with Crippen LogP contribution in [0.2, 0.25) is 0 Å². The second-order valence-corrected chi connectivity index (χ2v) is 7.55. The maximum absolute atomic E-state index is 12.7. The minimum absolute atomic E-state index is 0.0273. The fourth-order valence-corrected chi connectivity index (χ4v) is 3.95. The van der Waals surface area contributed by atoms with Crippen molar-refractivity contribution >= 4 is 5.91 Å². The van der Waals surface area contributed by atoms with E-state index in [0.29, 0.717) is 12.3 Å². The SMILES string of the molecule is CCNCC1CCN(C(=O)CC2CN(Cc3ccccc3)CCO2)CC1.